The van der Waals surface area contributed by atoms with Crippen LogP contribution >= 0.6 is 0 Å². The van der Waals surface area contributed by atoms with Crippen LogP contribution in [-0.4, -0.2) is 30.1 Å². The van der Waals surface area contributed by atoms with Crippen molar-refractivity contribution in [3.05, 3.63) is 22.9 Å². The van der Waals surface area contributed by atoms with Crippen LogP contribution in [0.4, 0.5) is 5.82 Å². The Kier molecular flexibility index (Phi) is 5.29. The number of hydrogen-bond donors (Lipinski definition) is 1. The van der Waals surface area contributed by atoms with Crippen LogP contribution in [0.15, 0.2) is 6.07 Å². The molecule has 0 atom stereocenters. The van der Waals surface area contributed by atoms with Crippen molar-refractivity contribution in [2.45, 2.75) is 40.0 Å². The number of anilines is 1. The van der Waals surface area contributed by atoms with Gasteiger partial charge in [0.1, 0.15) is 11.4 Å². The summed E-state index contributed by atoms with van der Waals surface area (Å²) in [5.41, 5.74) is 6.21. The number of ether oxygens (including phenoxy) is 2. The fourth-order valence-corrected chi connectivity index (χ4v) is 1.74. The van der Waals surface area contributed by atoms with Crippen LogP contribution in [0.2, 0.25) is 0 Å². The van der Waals surface area contributed by atoms with E-state index in [2.05, 4.69) is 4.98 Å². The first-order valence-electron chi connectivity index (χ1n) is 6.87. The van der Waals surface area contributed by atoms with E-state index < -0.39 is 11.9 Å². The van der Waals surface area contributed by atoms with Gasteiger partial charge in [-0.3, -0.25) is 0 Å². The molecular formula is C15H22N2O4. The molecule has 0 aliphatic heterocycles. The van der Waals surface area contributed by atoms with Crippen molar-refractivity contribution in [3.8, 4) is 0 Å². The Labute approximate surface area is 124 Å². The summed E-state index contributed by atoms with van der Waals surface area (Å²) in [4.78, 5) is 28.3. The van der Waals surface area contributed by atoms with Crippen LogP contribution in [-0.2, 0) is 14.9 Å². The lowest BCUT2D eigenvalue weighted by atomic mass is 9.90. The minimum absolute atomic E-state index is 0.0241. The van der Waals surface area contributed by atoms with Gasteiger partial charge in [-0.05, 0) is 19.9 Å². The van der Waals surface area contributed by atoms with Crippen molar-refractivity contribution >= 4 is 17.8 Å². The maximum absolute atomic E-state index is 12.1. The average molecular weight is 294 g/mol. The molecule has 21 heavy (non-hydrogen) atoms. The van der Waals surface area contributed by atoms with E-state index in [4.69, 9.17) is 15.2 Å². The second-order valence-corrected chi connectivity index (χ2v) is 5.51. The van der Waals surface area contributed by atoms with Crippen molar-refractivity contribution in [3.63, 3.8) is 0 Å². The van der Waals surface area contributed by atoms with Crippen molar-refractivity contribution < 1.29 is 19.1 Å². The normalized spacial score (nSPS) is 11.1. The molecule has 6 heteroatoms. The van der Waals surface area contributed by atoms with E-state index >= 15 is 0 Å². The molecule has 0 unspecified atom stereocenters. The number of nitrogen functional groups attached to an aromatic ring is 1. The third kappa shape index (κ3) is 3.93. The molecule has 0 fully saturated rings. The first-order chi connectivity index (χ1) is 9.72. The molecule has 116 valence electrons. The van der Waals surface area contributed by atoms with Crippen LogP contribution in [0.1, 0.15) is 61.0 Å². The molecule has 0 aliphatic carbocycles. The predicted molar refractivity (Wildman–Crippen MR) is 79.3 cm³/mol. The van der Waals surface area contributed by atoms with Gasteiger partial charge in [0.25, 0.3) is 0 Å². The Morgan fingerprint density at radius 2 is 1.67 bits per heavy atom. The zero-order valence-electron chi connectivity index (χ0n) is 13.1. The molecule has 0 bridgehead atoms. The summed E-state index contributed by atoms with van der Waals surface area (Å²) in [6.07, 6.45) is 0. The zero-order chi connectivity index (χ0) is 16.2. The average Bonchev–Trinajstić information content (AvgIpc) is 2.37. The van der Waals surface area contributed by atoms with Crippen molar-refractivity contribution in [1.82, 2.24) is 4.98 Å². The minimum atomic E-state index is -0.675. The monoisotopic (exact) mass is 294 g/mol. The quantitative estimate of drug-likeness (QED) is 0.857. The topological polar surface area (TPSA) is 91.5 Å². The summed E-state index contributed by atoms with van der Waals surface area (Å²) >= 11 is 0. The largest absolute Gasteiger partial charge is 0.462 e. The number of carbonyl (C=O) groups excluding carboxylic acids is 2. The second kappa shape index (κ2) is 6.56. The predicted octanol–water partition coefficient (Wildman–Crippen LogP) is 2.31. The SMILES string of the molecule is CCOC(=O)c1cc(C(C)(C)C)nc(N)c1C(=O)OCC. The number of rotatable bonds is 4. The number of aromatic nitrogens is 1. The number of pyridine rings is 1. The molecule has 0 radical (unpaired) electrons. The van der Waals surface area contributed by atoms with Crippen LogP contribution in [0.3, 0.4) is 0 Å². The van der Waals surface area contributed by atoms with Gasteiger partial charge in [-0.1, -0.05) is 20.8 Å². The smallest absolute Gasteiger partial charge is 0.342 e. The standard InChI is InChI=1S/C15H22N2O4/c1-6-20-13(18)9-8-10(15(3,4)5)17-12(16)11(9)14(19)21-7-2/h8H,6-7H2,1-5H3,(H2,16,17). The molecule has 0 saturated heterocycles. The van der Waals surface area contributed by atoms with Crippen molar-refractivity contribution in [2.24, 2.45) is 0 Å². The molecule has 1 aromatic heterocycles. The van der Waals surface area contributed by atoms with Crippen LogP contribution in [0, 0.1) is 0 Å². The highest BCUT2D eigenvalue weighted by Crippen LogP contribution is 2.26. The first-order valence-corrected chi connectivity index (χ1v) is 6.87. The van der Waals surface area contributed by atoms with Crippen LogP contribution in [0.25, 0.3) is 0 Å². The molecule has 6 nitrogen and oxygen atoms in total. The zero-order valence-corrected chi connectivity index (χ0v) is 13.1. The molecule has 0 aliphatic rings. The van der Waals surface area contributed by atoms with E-state index in [0.717, 1.165) is 0 Å². The summed E-state index contributed by atoms with van der Waals surface area (Å²) in [6, 6.07) is 1.54. The fraction of sp³-hybridized carbons (Fsp3) is 0.533. The third-order valence-corrected chi connectivity index (χ3v) is 2.79. The molecule has 0 aromatic carbocycles. The van der Waals surface area contributed by atoms with Gasteiger partial charge in [-0.15, -0.1) is 0 Å². The number of carbonyl (C=O) groups is 2. The number of nitrogens with two attached hydrogens (primary N) is 1. The summed E-state index contributed by atoms with van der Waals surface area (Å²) in [5, 5.41) is 0. The molecule has 0 saturated carbocycles. The molecule has 0 spiro atoms. The van der Waals surface area contributed by atoms with E-state index in [9.17, 15) is 9.59 Å². The third-order valence-electron chi connectivity index (χ3n) is 2.79. The lowest BCUT2D eigenvalue weighted by molar-refractivity contribution is 0.0479. The van der Waals surface area contributed by atoms with Gasteiger partial charge in [0, 0.05) is 11.1 Å². The van der Waals surface area contributed by atoms with Gasteiger partial charge in [0.15, 0.2) is 0 Å². The van der Waals surface area contributed by atoms with Gasteiger partial charge in [0.2, 0.25) is 0 Å². The van der Waals surface area contributed by atoms with Gasteiger partial charge in [-0.25, -0.2) is 14.6 Å². The Morgan fingerprint density at radius 1 is 1.14 bits per heavy atom. The van der Waals surface area contributed by atoms with Crippen LogP contribution < -0.4 is 5.73 Å². The van der Waals surface area contributed by atoms with E-state index in [1.165, 1.54) is 0 Å². The Balaban J connectivity index is 3.48. The first kappa shape index (κ1) is 16.9. The number of hydrogen-bond acceptors (Lipinski definition) is 6. The Bertz CT molecular complexity index is 547. The van der Waals surface area contributed by atoms with E-state index in [1.807, 2.05) is 20.8 Å². The summed E-state index contributed by atoms with van der Waals surface area (Å²) in [5.74, 6) is -1.31. The van der Waals surface area contributed by atoms with Gasteiger partial charge < -0.3 is 15.2 Å². The highest BCUT2D eigenvalue weighted by atomic mass is 16.5. The van der Waals surface area contributed by atoms with Crippen molar-refractivity contribution in [1.29, 1.82) is 0 Å². The Hall–Kier alpha value is -2.11. The van der Waals surface area contributed by atoms with E-state index in [-0.39, 0.29) is 35.6 Å². The van der Waals surface area contributed by atoms with E-state index in [0.29, 0.717) is 5.69 Å². The van der Waals surface area contributed by atoms with Gasteiger partial charge >= 0.3 is 11.9 Å². The highest BCUT2D eigenvalue weighted by Gasteiger charge is 2.27. The lowest BCUT2D eigenvalue weighted by Gasteiger charge is -2.20. The molecule has 1 rings (SSSR count). The molecule has 1 heterocycles. The lowest BCUT2D eigenvalue weighted by Crippen LogP contribution is -2.22. The fourth-order valence-electron chi connectivity index (χ4n) is 1.74. The van der Waals surface area contributed by atoms with Gasteiger partial charge in [0.05, 0.1) is 18.8 Å². The highest BCUT2D eigenvalue weighted by molar-refractivity contribution is 6.06. The number of esters is 2. The van der Waals surface area contributed by atoms with Crippen LogP contribution in [0.5, 0.6) is 0 Å². The van der Waals surface area contributed by atoms with E-state index in [1.54, 1.807) is 19.9 Å². The maximum atomic E-state index is 12.1. The minimum Gasteiger partial charge on any atom is -0.462 e. The van der Waals surface area contributed by atoms with Gasteiger partial charge in [-0.2, -0.15) is 0 Å². The molecule has 1 aromatic rings. The summed E-state index contributed by atoms with van der Waals surface area (Å²) < 4.78 is 9.93. The summed E-state index contributed by atoms with van der Waals surface area (Å²) in [7, 11) is 0. The Morgan fingerprint density at radius 3 is 2.14 bits per heavy atom. The van der Waals surface area contributed by atoms with Crippen molar-refractivity contribution in [2.75, 3.05) is 18.9 Å². The number of nitrogens with zero attached hydrogens (tertiary/aromatic N) is 1. The second-order valence-electron chi connectivity index (χ2n) is 5.51. The molecule has 0 amide bonds. The summed E-state index contributed by atoms with van der Waals surface area (Å²) in [6.45, 7) is 9.57. The molecular weight excluding hydrogens is 272 g/mol. The maximum Gasteiger partial charge on any atom is 0.342 e. The molecule has 2 N–H and O–H groups in total.